The molecule has 0 bridgehead atoms. The van der Waals surface area contributed by atoms with Crippen LogP contribution in [0.5, 0.6) is 5.75 Å². The standard InChI is InChI=1S/C15H20F2N2O3/c1-22-14-7-11(16)13(6-12(14)17)19-15(21)18-8-9-3-2-4-10(20)5-9/h6-7,9-10,20H,2-5,8H2,1H3,(H2,18,19,21). The molecule has 0 aliphatic heterocycles. The third-order valence-corrected chi connectivity index (χ3v) is 3.80. The van der Waals surface area contributed by atoms with Gasteiger partial charge in [-0.05, 0) is 25.2 Å². The lowest BCUT2D eigenvalue weighted by Gasteiger charge is -2.25. The van der Waals surface area contributed by atoms with Crippen molar-refractivity contribution in [2.24, 2.45) is 5.92 Å². The van der Waals surface area contributed by atoms with Gasteiger partial charge in [0.1, 0.15) is 0 Å². The first-order valence-corrected chi connectivity index (χ1v) is 7.25. The zero-order valence-corrected chi connectivity index (χ0v) is 12.4. The highest BCUT2D eigenvalue weighted by Gasteiger charge is 2.20. The molecular formula is C15H20F2N2O3. The molecule has 1 aliphatic rings. The number of urea groups is 1. The summed E-state index contributed by atoms with van der Waals surface area (Å²) in [6.07, 6.45) is 2.97. The average molecular weight is 314 g/mol. The van der Waals surface area contributed by atoms with Gasteiger partial charge in [-0.3, -0.25) is 0 Å². The summed E-state index contributed by atoms with van der Waals surface area (Å²) >= 11 is 0. The van der Waals surface area contributed by atoms with Crippen molar-refractivity contribution in [1.82, 2.24) is 5.32 Å². The summed E-state index contributed by atoms with van der Waals surface area (Å²) in [4.78, 5) is 11.7. The molecule has 3 N–H and O–H groups in total. The van der Waals surface area contributed by atoms with Gasteiger partial charge in [0.15, 0.2) is 17.4 Å². The number of ether oxygens (including phenoxy) is 1. The molecule has 1 aromatic rings. The van der Waals surface area contributed by atoms with Gasteiger partial charge in [-0.25, -0.2) is 13.6 Å². The lowest BCUT2D eigenvalue weighted by atomic mass is 9.87. The molecule has 0 spiro atoms. The van der Waals surface area contributed by atoms with E-state index in [1.54, 1.807) is 0 Å². The van der Waals surface area contributed by atoms with Crippen molar-refractivity contribution in [3.8, 4) is 5.75 Å². The van der Waals surface area contributed by atoms with Crippen LogP contribution < -0.4 is 15.4 Å². The zero-order chi connectivity index (χ0) is 16.1. The Morgan fingerprint density at radius 3 is 2.82 bits per heavy atom. The predicted octanol–water partition coefficient (Wildman–Crippen LogP) is 2.65. The Morgan fingerprint density at radius 2 is 2.14 bits per heavy atom. The van der Waals surface area contributed by atoms with Gasteiger partial charge in [0, 0.05) is 18.7 Å². The van der Waals surface area contributed by atoms with Gasteiger partial charge in [0.25, 0.3) is 0 Å². The maximum absolute atomic E-state index is 13.7. The van der Waals surface area contributed by atoms with Crippen LogP contribution in [0.4, 0.5) is 19.3 Å². The summed E-state index contributed by atoms with van der Waals surface area (Å²) in [6, 6.07) is 1.14. The lowest BCUT2D eigenvalue weighted by Crippen LogP contribution is -2.35. The first kappa shape index (κ1) is 16.5. The molecule has 2 rings (SSSR count). The topological polar surface area (TPSA) is 70.6 Å². The second kappa shape index (κ2) is 7.40. The molecule has 1 aromatic carbocycles. The maximum Gasteiger partial charge on any atom is 0.319 e. The number of hydrogen-bond donors (Lipinski definition) is 3. The maximum atomic E-state index is 13.7. The third kappa shape index (κ3) is 4.30. The van der Waals surface area contributed by atoms with Crippen LogP contribution in [0.1, 0.15) is 25.7 Å². The Kier molecular flexibility index (Phi) is 5.54. The number of anilines is 1. The molecule has 1 aliphatic carbocycles. The monoisotopic (exact) mass is 314 g/mol. The fourth-order valence-electron chi connectivity index (χ4n) is 2.63. The van der Waals surface area contributed by atoms with E-state index in [0.717, 1.165) is 31.4 Å². The Bertz CT molecular complexity index is 540. The SMILES string of the molecule is COc1cc(F)c(NC(=O)NCC2CCCC(O)C2)cc1F. The van der Waals surface area contributed by atoms with Crippen LogP contribution in [0.15, 0.2) is 12.1 Å². The van der Waals surface area contributed by atoms with Gasteiger partial charge in [0.2, 0.25) is 0 Å². The summed E-state index contributed by atoms with van der Waals surface area (Å²) in [5.74, 6) is -1.55. The number of rotatable bonds is 4. The number of carbonyl (C=O) groups is 1. The second-order valence-corrected chi connectivity index (χ2v) is 5.49. The number of nitrogens with one attached hydrogen (secondary N) is 2. The smallest absolute Gasteiger partial charge is 0.319 e. The molecule has 22 heavy (non-hydrogen) atoms. The molecule has 1 fully saturated rings. The van der Waals surface area contributed by atoms with Crippen molar-refractivity contribution >= 4 is 11.7 Å². The number of halogens is 2. The van der Waals surface area contributed by atoms with Crippen LogP contribution in [-0.4, -0.2) is 30.9 Å². The third-order valence-electron chi connectivity index (χ3n) is 3.80. The predicted molar refractivity (Wildman–Crippen MR) is 77.9 cm³/mol. The number of carbonyl (C=O) groups excluding carboxylic acids is 1. The van der Waals surface area contributed by atoms with Crippen molar-refractivity contribution in [3.05, 3.63) is 23.8 Å². The van der Waals surface area contributed by atoms with Crippen LogP contribution in [0, 0.1) is 17.6 Å². The largest absolute Gasteiger partial charge is 0.494 e. The van der Waals surface area contributed by atoms with Crippen molar-refractivity contribution in [2.45, 2.75) is 31.8 Å². The van der Waals surface area contributed by atoms with Gasteiger partial charge in [-0.15, -0.1) is 0 Å². The zero-order valence-electron chi connectivity index (χ0n) is 12.4. The summed E-state index contributed by atoms with van der Waals surface area (Å²) in [7, 11) is 1.23. The highest BCUT2D eigenvalue weighted by atomic mass is 19.1. The van der Waals surface area contributed by atoms with Crippen molar-refractivity contribution in [1.29, 1.82) is 0 Å². The van der Waals surface area contributed by atoms with Crippen LogP contribution in [-0.2, 0) is 0 Å². The first-order chi connectivity index (χ1) is 10.5. The van der Waals surface area contributed by atoms with Gasteiger partial charge < -0.3 is 20.5 Å². The van der Waals surface area contributed by atoms with Crippen molar-refractivity contribution in [3.63, 3.8) is 0 Å². The Balaban J connectivity index is 1.88. The summed E-state index contributed by atoms with van der Waals surface area (Å²) in [5.41, 5.74) is -0.250. The summed E-state index contributed by atoms with van der Waals surface area (Å²) < 4.78 is 31.9. The second-order valence-electron chi connectivity index (χ2n) is 5.49. The van der Waals surface area contributed by atoms with Crippen LogP contribution >= 0.6 is 0 Å². The fourth-order valence-corrected chi connectivity index (χ4v) is 2.63. The number of aliphatic hydroxyl groups excluding tert-OH is 1. The Morgan fingerprint density at radius 1 is 1.36 bits per heavy atom. The molecular weight excluding hydrogens is 294 g/mol. The van der Waals surface area contributed by atoms with Gasteiger partial charge in [-0.1, -0.05) is 6.42 Å². The molecule has 2 unspecified atom stereocenters. The average Bonchev–Trinajstić information content (AvgIpc) is 2.48. The molecule has 1 saturated carbocycles. The first-order valence-electron chi connectivity index (χ1n) is 7.25. The van der Waals surface area contributed by atoms with E-state index in [0.29, 0.717) is 13.0 Å². The van der Waals surface area contributed by atoms with Crippen LogP contribution in [0.2, 0.25) is 0 Å². The quantitative estimate of drug-likeness (QED) is 0.800. The van der Waals surface area contributed by atoms with E-state index in [4.69, 9.17) is 0 Å². The minimum Gasteiger partial charge on any atom is -0.494 e. The number of aliphatic hydroxyl groups is 1. The Hall–Kier alpha value is -1.89. The normalized spacial score (nSPS) is 21.3. The number of amides is 2. The number of hydrogen-bond acceptors (Lipinski definition) is 3. The molecule has 7 heteroatoms. The molecule has 0 radical (unpaired) electrons. The molecule has 0 heterocycles. The van der Waals surface area contributed by atoms with Gasteiger partial charge in [-0.2, -0.15) is 0 Å². The number of benzene rings is 1. The summed E-state index contributed by atoms with van der Waals surface area (Å²) in [6.45, 7) is 0.392. The molecule has 5 nitrogen and oxygen atoms in total. The van der Waals surface area contributed by atoms with E-state index in [2.05, 4.69) is 15.4 Å². The lowest BCUT2D eigenvalue weighted by molar-refractivity contribution is 0.101. The molecule has 0 saturated heterocycles. The highest BCUT2D eigenvalue weighted by molar-refractivity contribution is 5.89. The Labute approximate surface area is 127 Å². The molecule has 0 aromatic heterocycles. The molecule has 2 atom stereocenters. The van der Waals surface area contributed by atoms with Gasteiger partial charge >= 0.3 is 6.03 Å². The molecule has 2 amide bonds. The fraction of sp³-hybridized carbons (Fsp3) is 0.533. The van der Waals surface area contributed by atoms with E-state index in [9.17, 15) is 18.7 Å². The van der Waals surface area contributed by atoms with E-state index in [-0.39, 0.29) is 23.5 Å². The highest BCUT2D eigenvalue weighted by Crippen LogP contribution is 2.25. The van der Waals surface area contributed by atoms with Crippen LogP contribution in [0.25, 0.3) is 0 Å². The van der Waals surface area contributed by atoms with Crippen molar-refractivity contribution < 1.29 is 23.4 Å². The minimum atomic E-state index is -0.776. The number of methoxy groups -OCH3 is 1. The van der Waals surface area contributed by atoms with E-state index < -0.39 is 17.7 Å². The van der Waals surface area contributed by atoms with E-state index in [1.807, 2.05) is 0 Å². The van der Waals surface area contributed by atoms with Crippen molar-refractivity contribution in [2.75, 3.05) is 19.0 Å². The van der Waals surface area contributed by atoms with Crippen LogP contribution in [0.3, 0.4) is 0 Å². The molecule has 122 valence electrons. The summed E-state index contributed by atoms with van der Waals surface area (Å²) in [5, 5.41) is 14.5. The van der Waals surface area contributed by atoms with E-state index in [1.165, 1.54) is 7.11 Å². The van der Waals surface area contributed by atoms with Gasteiger partial charge in [0.05, 0.1) is 18.9 Å². The minimum absolute atomic E-state index is 0.201. The van der Waals surface area contributed by atoms with E-state index >= 15 is 0 Å².